The first-order valence-electron chi connectivity index (χ1n) is 4.91. The van der Waals surface area contributed by atoms with Crippen LogP contribution < -0.4 is 0 Å². The van der Waals surface area contributed by atoms with Crippen molar-refractivity contribution in [3.05, 3.63) is 47.9 Å². The van der Waals surface area contributed by atoms with Gasteiger partial charge in [0.15, 0.2) is 5.69 Å². The smallest absolute Gasteiger partial charge is 0.252 e. The predicted molar refractivity (Wildman–Crippen MR) is 57.2 cm³/mol. The highest BCUT2D eigenvalue weighted by Crippen LogP contribution is 2.32. The molecule has 0 atom stereocenters. The second-order valence-electron chi connectivity index (χ2n) is 3.44. The molecule has 0 aliphatic heterocycles. The van der Waals surface area contributed by atoms with Crippen LogP contribution in [0.15, 0.2) is 36.7 Å². The zero-order valence-electron chi connectivity index (χ0n) is 8.94. The van der Waals surface area contributed by atoms with Crippen LogP contribution in [0.4, 0.5) is 13.2 Å². The number of halogens is 3. The highest BCUT2D eigenvalue weighted by molar-refractivity contribution is 5.65. The van der Waals surface area contributed by atoms with E-state index in [4.69, 9.17) is 5.26 Å². The molecule has 3 nitrogen and oxygen atoms in total. The Kier molecular flexibility index (Phi) is 2.98. The molecule has 0 aliphatic rings. The standard InChI is InChI=1S/C12H6F3N3/c13-12(14,15)9-3-1-2-8(6-9)11-10(7-16)17-4-5-18-11/h1-6H. The van der Waals surface area contributed by atoms with Gasteiger partial charge < -0.3 is 0 Å². The van der Waals surface area contributed by atoms with Crippen LogP contribution in [0.3, 0.4) is 0 Å². The van der Waals surface area contributed by atoms with Gasteiger partial charge in [0.2, 0.25) is 0 Å². The number of nitriles is 1. The Bertz CT molecular complexity index is 614. The van der Waals surface area contributed by atoms with Crippen LogP contribution in [-0.2, 0) is 6.18 Å². The van der Waals surface area contributed by atoms with Crippen molar-refractivity contribution in [1.82, 2.24) is 9.97 Å². The van der Waals surface area contributed by atoms with Crippen molar-refractivity contribution in [1.29, 1.82) is 5.26 Å². The highest BCUT2D eigenvalue weighted by atomic mass is 19.4. The quantitative estimate of drug-likeness (QED) is 0.780. The second kappa shape index (κ2) is 4.45. The maximum atomic E-state index is 12.6. The molecule has 1 aromatic carbocycles. The molecule has 0 spiro atoms. The van der Waals surface area contributed by atoms with Crippen LogP contribution in [0.2, 0.25) is 0 Å². The first-order valence-corrected chi connectivity index (χ1v) is 4.91. The number of aromatic nitrogens is 2. The Balaban J connectivity index is 2.56. The third kappa shape index (κ3) is 2.30. The number of hydrogen-bond donors (Lipinski definition) is 0. The fourth-order valence-electron chi connectivity index (χ4n) is 1.47. The van der Waals surface area contributed by atoms with Crippen LogP contribution in [0.1, 0.15) is 11.3 Å². The summed E-state index contributed by atoms with van der Waals surface area (Å²) in [5, 5.41) is 8.83. The van der Waals surface area contributed by atoms with Gasteiger partial charge >= 0.3 is 6.18 Å². The van der Waals surface area contributed by atoms with Crippen molar-refractivity contribution in [2.75, 3.05) is 0 Å². The maximum Gasteiger partial charge on any atom is 0.416 e. The van der Waals surface area contributed by atoms with Crippen molar-refractivity contribution < 1.29 is 13.2 Å². The maximum absolute atomic E-state index is 12.6. The number of nitrogens with zero attached hydrogens (tertiary/aromatic N) is 3. The SMILES string of the molecule is N#Cc1nccnc1-c1cccc(C(F)(F)F)c1. The van der Waals surface area contributed by atoms with Gasteiger partial charge in [0.05, 0.1) is 5.56 Å². The minimum absolute atomic E-state index is 0.00294. The molecule has 0 fully saturated rings. The molecule has 0 unspecified atom stereocenters. The number of hydrogen-bond acceptors (Lipinski definition) is 3. The minimum atomic E-state index is -4.43. The Labute approximate surface area is 101 Å². The van der Waals surface area contributed by atoms with E-state index in [1.54, 1.807) is 6.07 Å². The van der Waals surface area contributed by atoms with Gasteiger partial charge in [-0.1, -0.05) is 12.1 Å². The third-order valence-corrected chi connectivity index (χ3v) is 2.27. The van der Waals surface area contributed by atoms with E-state index in [0.717, 1.165) is 12.1 Å². The summed E-state index contributed by atoms with van der Waals surface area (Å²) in [6.45, 7) is 0. The van der Waals surface area contributed by atoms with Gasteiger partial charge in [-0.05, 0) is 12.1 Å². The van der Waals surface area contributed by atoms with Crippen LogP contribution in [-0.4, -0.2) is 9.97 Å². The van der Waals surface area contributed by atoms with Crippen molar-refractivity contribution in [2.45, 2.75) is 6.18 Å². The van der Waals surface area contributed by atoms with E-state index in [2.05, 4.69) is 9.97 Å². The van der Waals surface area contributed by atoms with Gasteiger partial charge in [-0.15, -0.1) is 0 Å². The molecule has 1 heterocycles. The molecule has 0 saturated heterocycles. The van der Waals surface area contributed by atoms with Crippen molar-refractivity contribution in [3.63, 3.8) is 0 Å². The minimum Gasteiger partial charge on any atom is -0.252 e. The van der Waals surface area contributed by atoms with Gasteiger partial charge in [0, 0.05) is 18.0 Å². The molecule has 1 aromatic heterocycles. The Morgan fingerprint density at radius 3 is 2.50 bits per heavy atom. The molecule has 18 heavy (non-hydrogen) atoms. The third-order valence-electron chi connectivity index (χ3n) is 2.27. The second-order valence-corrected chi connectivity index (χ2v) is 3.44. The molecule has 0 amide bonds. The van der Waals surface area contributed by atoms with E-state index in [-0.39, 0.29) is 17.0 Å². The lowest BCUT2D eigenvalue weighted by Gasteiger charge is -2.08. The van der Waals surface area contributed by atoms with Crippen LogP contribution >= 0.6 is 0 Å². The summed E-state index contributed by atoms with van der Waals surface area (Å²) in [6, 6.07) is 6.44. The Hall–Kier alpha value is -2.42. The van der Waals surface area contributed by atoms with E-state index >= 15 is 0 Å². The average Bonchev–Trinajstić information content (AvgIpc) is 2.38. The molecule has 0 radical (unpaired) electrons. The molecule has 90 valence electrons. The van der Waals surface area contributed by atoms with E-state index in [9.17, 15) is 13.2 Å². The van der Waals surface area contributed by atoms with Gasteiger partial charge in [-0.25, -0.2) is 4.98 Å². The summed E-state index contributed by atoms with van der Waals surface area (Å²) < 4.78 is 37.7. The summed E-state index contributed by atoms with van der Waals surface area (Å²) in [5.41, 5.74) is -0.424. The van der Waals surface area contributed by atoms with E-state index in [1.807, 2.05) is 0 Å². The molecule has 0 bridgehead atoms. The van der Waals surface area contributed by atoms with Crippen molar-refractivity contribution >= 4 is 0 Å². The molecule has 2 aromatic rings. The molecular formula is C12H6F3N3. The molecular weight excluding hydrogens is 243 g/mol. The fourth-order valence-corrected chi connectivity index (χ4v) is 1.47. The lowest BCUT2D eigenvalue weighted by atomic mass is 10.1. The van der Waals surface area contributed by atoms with Crippen LogP contribution in [0, 0.1) is 11.3 Å². The number of benzene rings is 1. The van der Waals surface area contributed by atoms with E-state index in [1.165, 1.54) is 24.5 Å². The van der Waals surface area contributed by atoms with Gasteiger partial charge in [0.25, 0.3) is 0 Å². The molecule has 0 N–H and O–H groups in total. The summed E-state index contributed by atoms with van der Waals surface area (Å²) in [7, 11) is 0. The van der Waals surface area contributed by atoms with E-state index < -0.39 is 11.7 Å². The van der Waals surface area contributed by atoms with Gasteiger partial charge in [0.1, 0.15) is 11.8 Å². The Morgan fingerprint density at radius 2 is 1.83 bits per heavy atom. The lowest BCUT2D eigenvalue weighted by Crippen LogP contribution is -2.05. The topological polar surface area (TPSA) is 49.6 Å². The zero-order valence-corrected chi connectivity index (χ0v) is 8.94. The summed E-state index contributed by atoms with van der Waals surface area (Å²) >= 11 is 0. The van der Waals surface area contributed by atoms with Crippen LogP contribution in [0.25, 0.3) is 11.3 Å². The summed E-state index contributed by atoms with van der Waals surface area (Å²) in [6.07, 6.45) is -1.78. The molecule has 2 rings (SSSR count). The van der Waals surface area contributed by atoms with E-state index in [0.29, 0.717) is 0 Å². The normalized spacial score (nSPS) is 11.0. The van der Waals surface area contributed by atoms with Gasteiger partial charge in [-0.2, -0.15) is 18.4 Å². The number of alkyl halides is 3. The predicted octanol–water partition coefficient (Wildman–Crippen LogP) is 3.03. The molecule has 6 heteroatoms. The largest absolute Gasteiger partial charge is 0.416 e. The van der Waals surface area contributed by atoms with Crippen molar-refractivity contribution in [3.8, 4) is 17.3 Å². The first-order chi connectivity index (χ1) is 8.52. The van der Waals surface area contributed by atoms with Gasteiger partial charge in [-0.3, -0.25) is 4.98 Å². The molecule has 0 saturated carbocycles. The highest BCUT2D eigenvalue weighted by Gasteiger charge is 2.30. The lowest BCUT2D eigenvalue weighted by molar-refractivity contribution is -0.137. The molecule has 0 aliphatic carbocycles. The van der Waals surface area contributed by atoms with Crippen LogP contribution in [0.5, 0.6) is 0 Å². The summed E-state index contributed by atoms with van der Waals surface area (Å²) in [4.78, 5) is 7.65. The van der Waals surface area contributed by atoms with Crippen molar-refractivity contribution in [2.24, 2.45) is 0 Å². The fraction of sp³-hybridized carbons (Fsp3) is 0.0833. The Morgan fingerprint density at radius 1 is 1.11 bits per heavy atom. The average molecular weight is 249 g/mol. The monoisotopic (exact) mass is 249 g/mol. The first kappa shape index (κ1) is 12.0. The zero-order chi connectivity index (χ0) is 13.2. The number of rotatable bonds is 1. The summed E-state index contributed by atoms with van der Waals surface area (Å²) in [5.74, 6) is 0.